The van der Waals surface area contributed by atoms with E-state index in [1.165, 1.54) is 7.05 Å². The summed E-state index contributed by atoms with van der Waals surface area (Å²) in [6.45, 7) is 0.366. The number of guanidine groups is 1. The number of nitrogens with two attached hydrogens (primary N) is 1. The monoisotopic (exact) mass is 651 g/mol. The summed E-state index contributed by atoms with van der Waals surface area (Å²) in [5.41, 5.74) is 8.13. The number of carboxylic acid groups (broad SMARTS) is 1. The number of hydrogen-bond donors (Lipinski definition) is 2. The average Bonchev–Trinajstić information content (AvgIpc) is 3.03. The van der Waals surface area contributed by atoms with E-state index in [0.29, 0.717) is 12.8 Å². The predicted molar refractivity (Wildman–Crippen MR) is 165 cm³/mol. The molecular weight excluding hydrogens is 609 g/mol. The zero-order chi connectivity index (χ0) is 32.9. The first kappa shape index (κ1) is 37.1. The number of carboxylic acids is 1. The van der Waals surface area contributed by atoms with E-state index >= 15 is 0 Å². The molecule has 0 radical (unpaired) electrons. The Hall–Kier alpha value is -4.13. The Morgan fingerprint density at radius 2 is 1.20 bits per heavy atom. The largest absolute Gasteiger partial charge is 0.508 e. The molecule has 2 rings (SSSR count). The first-order valence-electron chi connectivity index (χ1n) is 14.5. The van der Waals surface area contributed by atoms with Crippen molar-refractivity contribution in [3.63, 3.8) is 0 Å². The minimum atomic E-state index is -4.39. The van der Waals surface area contributed by atoms with Gasteiger partial charge in [0.25, 0.3) is 0 Å². The first-order valence-corrected chi connectivity index (χ1v) is 16.0. The lowest BCUT2D eigenvalue weighted by Crippen LogP contribution is -2.45. The number of carbonyl (C=O) groups is 3. The van der Waals surface area contributed by atoms with Crippen molar-refractivity contribution in [1.29, 1.82) is 0 Å². The van der Waals surface area contributed by atoms with E-state index in [4.69, 9.17) is 33.7 Å². The van der Waals surface area contributed by atoms with Crippen LogP contribution in [0.25, 0.3) is 0 Å². The van der Waals surface area contributed by atoms with Crippen LogP contribution >= 0.6 is 7.75 Å². The standard InChI is InChI=1S/C30H42N3O11P/c1-3-26(27(34)35)33(2)28(31)32-45(38,43-22-20-41-29(36)39-18-10-16-24-12-6-4-7-13-24)44-23-21-42-30(37)40-19-11-17-25-14-8-5-9-15-25/h4-9,12-15,26H,3,10-11,16-23H2,1-2H3,(H,34,35)(H2,31,32,38). The van der Waals surface area contributed by atoms with Crippen molar-refractivity contribution in [3.05, 3.63) is 71.8 Å². The van der Waals surface area contributed by atoms with Crippen LogP contribution in [0.2, 0.25) is 0 Å². The molecule has 15 heteroatoms. The van der Waals surface area contributed by atoms with Crippen molar-refractivity contribution in [1.82, 2.24) is 4.90 Å². The van der Waals surface area contributed by atoms with Gasteiger partial charge in [0.15, 0.2) is 0 Å². The van der Waals surface area contributed by atoms with Crippen LogP contribution < -0.4 is 5.73 Å². The molecule has 0 saturated carbocycles. The number of carbonyl (C=O) groups excluding carboxylic acids is 2. The van der Waals surface area contributed by atoms with Gasteiger partial charge in [0.2, 0.25) is 5.96 Å². The molecule has 2 aromatic rings. The summed E-state index contributed by atoms with van der Waals surface area (Å²) >= 11 is 0. The molecule has 248 valence electrons. The van der Waals surface area contributed by atoms with E-state index in [1.807, 2.05) is 60.7 Å². The predicted octanol–water partition coefficient (Wildman–Crippen LogP) is 4.81. The molecular formula is C30H42N3O11P. The van der Waals surface area contributed by atoms with Gasteiger partial charge in [-0.3, -0.25) is 9.05 Å². The SMILES string of the molecule is CCC(C(=O)O)N(C)C(N)=NP(=O)(OCCOC(=O)OCCCc1ccccc1)OCCOC(=O)OCCCc1ccccc1. The van der Waals surface area contributed by atoms with Gasteiger partial charge >= 0.3 is 26.0 Å². The normalized spacial score (nSPS) is 12.2. The molecule has 1 unspecified atom stereocenters. The van der Waals surface area contributed by atoms with E-state index in [9.17, 15) is 24.1 Å². The van der Waals surface area contributed by atoms with Gasteiger partial charge in [-0.1, -0.05) is 67.6 Å². The number of aliphatic carboxylic acids is 1. The third-order valence-corrected chi connectivity index (χ3v) is 7.65. The Labute approximate surface area is 263 Å². The lowest BCUT2D eigenvalue weighted by atomic mass is 10.1. The summed E-state index contributed by atoms with van der Waals surface area (Å²) in [7, 11) is -3.03. The van der Waals surface area contributed by atoms with Crippen molar-refractivity contribution in [3.8, 4) is 0 Å². The van der Waals surface area contributed by atoms with Crippen LogP contribution in [0.4, 0.5) is 9.59 Å². The molecule has 14 nitrogen and oxygen atoms in total. The van der Waals surface area contributed by atoms with Crippen LogP contribution in [-0.4, -0.2) is 87.0 Å². The summed E-state index contributed by atoms with van der Waals surface area (Å²) < 4.78 is 47.6. The second-order valence-electron chi connectivity index (χ2n) is 9.54. The summed E-state index contributed by atoms with van der Waals surface area (Å²) in [5, 5.41) is 9.41. The number of hydrogen-bond acceptors (Lipinski definition) is 10. The van der Waals surface area contributed by atoms with E-state index in [0.717, 1.165) is 28.9 Å². The minimum Gasteiger partial charge on any atom is -0.480 e. The molecule has 2 aromatic carbocycles. The lowest BCUT2D eigenvalue weighted by molar-refractivity contribution is -0.141. The zero-order valence-corrected chi connectivity index (χ0v) is 26.5. The van der Waals surface area contributed by atoms with E-state index < -0.39 is 51.2 Å². The Balaban J connectivity index is 1.81. The van der Waals surface area contributed by atoms with Crippen molar-refractivity contribution < 1.29 is 52.1 Å². The minimum absolute atomic E-state index is 0.140. The zero-order valence-electron chi connectivity index (χ0n) is 25.6. The third-order valence-electron chi connectivity index (χ3n) is 6.19. The highest BCUT2D eigenvalue weighted by Crippen LogP contribution is 2.49. The first-order chi connectivity index (χ1) is 21.6. The van der Waals surface area contributed by atoms with Gasteiger partial charge in [-0.05, 0) is 43.2 Å². The molecule has 45 heavy (non-hydrogen) atoms. The Kier molecular flexibility index (Phi) is 17.1. The van der Waals surface area contributed by atoms with Crippen LogP contribution in [0.1, 0.15) is 37.3 Å². The molecule has 0 aromatic heterocycles. The second kappa shape index (κ2) is 20.8. The van der Waals surface area contributed by atoms with E-state index in [-0.39, 0.29) is 32.8 Å². The van der Waals surface area contributed by atoms with Gasteiger partial charge in [0.05, 0.1) is 26.4 Å². The molecule has 0 bridgehead atoms. The quantitative estimate of drug-likeness (QED) is 0.0654. The van der Waals surface area contributed by atoms with Gasteiger partial charge in [-0.15, -0.1) is 4.76 Å². The molecule has 0 aliphatic rings. The van der Waals surface area contributed by atoms with Crippen molar-refractivity contribution in [2.45, 2.75) is 45.1 Å². The van der Waals surface area contributed by atoms with Crippen LogP contribution in [-0.2, 0) is 50.2 Å². The fourth-order valence-corrected chi connectivity index (χ4v) is 5.05. The Morgan fingerprint density at radius 3 is 1.60 bits per heavy atom. The van der Waals surface area contributed by atoms with Crippen LogP contribution in [0.3, 0.4) is 0 Å². The average molecular weight is 652 g/mol. The number of aryl methyl sites for hydroxylation is 2. The van der Waals surface area contributed by atoms with E-state index in [2.05, 4.69) is 4.76 Å². The lowest BCUT2D eigenvalue weighted by Gasteiger charge is -2.25. The molecule has 0 spiro atoms. The highest BCUT2D eigenvalue weighted by molar-refractivity contribution is 7.52. The van der Waals surface area contributed by atoms with E-state index in [1.54, 1.807) is 6.92 Å². The van der Waals surface area contributed by atoms with Gasteiger partial charge < -0.3 is 34.7 Å². The van der Waals surface area contributed by atoms with Crippen molar-refractivity contribution in [2.24, 2.45) is 10.5 Å². The maximum absolute atomic E-state index is 13.4. The van der Waals surface area contributed by atoms with Gasteiger partial charge in [-0.25, -0.2) is 18.9 Å². The summed E-state index contributed by atoms with van der Waals surface area (Å²) in [4.78, 5) is 36.4. The number of ether oxygens (including phenoxy) is 4. The van der Waals surface area contributed by atoms with Crippen LogP contribution in [0.5, 0.6) is 0 Å². The topological polar surface area (TPSA) is 186 Å². The number of benzene rings is 2. The molecule has 0 saturated heterocycles. The second-order valence-corrected chi connectivity index (χ2v) is 11.2. The van der Waals surface area contributed by atoms with Crippen LogP contribution in [0.15, 0.2) is 65.4 Å². The molecule has 0 aliphatic carbocycles. The number of rotatable bonds is 20. The summed E-state index contributed by atoms with van der Waals surface area (Å²) in [6, 6.07) is 18.4. The smallest absolute Gasteiger partial charge is 0.480 e. The molecule has 0 aliphatic heterocycles. The summed E-state index contributed by atoms with van der Waals surface area (Å²) in [5.74, 6) is -1.59. The summed E-state index contributed by atoms with van der Waals surface area (Å²) in [6.07, 6.45) is 0.944. The fraction of sp³-hybridized carbons (Fsp3) is 0.467. The molecule has 0 heterocycles. The molecule has 0 amide bonds. The Bertz CT molecular complexity index is 1180. The maximum atomic E-state index is 13.4. The van der Waals surface area contributed by atoms with Crippen molar-refractivity contribution >= 4 is 32.0 Å². The third kappa shape index (κ3) is 15.4. The van der Waals surface area contributed by atoms with Crippen molar-refractivity contribution in [2.75, 3.05) is 46.7 Å². The highest BCUT2D eigenvalue weighted by atomic mass is 31.2. The molecule has 1 atom stereocenters. The molecule has 3 N–H and O–H groups in total. The van der Waals surface area contributed by atoms with Gasteiger partial charge in [-0.2, -0.15) is 0 Å². The molecule has 0 fully saturated rings. The fourth-order valence-electron chi connectivity index (χ4n) is 3.86. The maximum Gasteiger partial charge on any atom is 0.508 e. The number of nitrogens with zero attached hydrogens (tertiary/aromatic N) is 2. The number of likely N-dealkylation sites (N-methyl/N-ethyl adjacent to an activating group) is 1. The highest BCUT2D eigenvalue weighted by Gasteiger charge is 2.29. The Morgan fingerprint density at radius 1 is 0.778 bits per heavy atom. The van der Waals surface area contributed by atoms with Crippen LogP contribution in [0, 0.1) is 0 Å². The van der Waals surface area contributed by atoms with Gasteiger partial charge in [0.1, 0.15) is 19.3 Å². The van der Waals surface area contributed by atoms with Gasteiger partial charge in [0, 0.05) is 7.05 Å².